The van der Waals surface area contributed by atoms with E-state index in [4.69, 9.17) is 17.0 Å². The minimum Gasteiger partial charge on any atom is -0.469 e. The van der Waals surface area contributed by atoms with Crippen LogP contribution in [0.15, 0.2) is 0 Å². The molecule has 0 unspecified atom stereocenters. The summed E-state index contributed by atoms with van der Waals surface area (Å²) in [5.41, 5.74) is 0. The van der Waals surface area contributed by atoms with Crippen molar-refractivity contribution in [1.29, 1.82) is 0 Å². The maximum atomic E-state index is 4.98. The van der Waals surface area contributed by atoms with Crippen LogP contribution in [0.3, 0.4) is 0 Å². The molecule has 1 rings (SSSR count). The van der Waals surface area contributed by atoms with Crippen LogP contribution >= 0.6 is 12.2 Å². The molecule has 0 aromatic heterocycles. The Morgan fingerprint density at radius 3 is 3.00 bits per heavy atom. The van der Waals surface area contributed by atoms with E-state index in [2.05, 4.69) is 12.2 Å². The van der Waals surface area contributed by atoms with Gasteiger partial charge in [0, 0.05) is 0 Å². The molecule has 1 aliphatic rings. The third kappa shape index (κ3) is 1.10. The van der Waals surface area contributed by atoms with Crippen molar-refractivity contribution >= 4 is 17.4 Å². The fourth-order valence-electron chi connectivity index (χ4n) is 0.646. The molecular formula is C5H9NOS. The minimum absolute atomic E-state index is 0.461. The molecule has 2 nitrogen and oxygen atoms in total. The first-order chi connectivity index (χ1) is 3.83. The Balaban J connectivity index is 2.32. The molecule has 0 radical (unpaired) electrons. The van der Waals surface area contributed by atoms with Gasteiger partial charge in [-0.25, -0.2) is 0 Å². The van der Waals surface area contributed by atoms with Gasteiger partial charge in [-0.05, 0) is 18.6 Å². The molecule has 0 amide bonds. The molecule has 1 saturated heterocycles. The summed E-state index contributed by atoms with van der Waals surface area (Å²) in [7, 11) is 0. The van der Waals surface area contributed by atoms with Gasteiger partial charge in [0.2, 0.25) is 0 Å². The summed E-state index contributed by atoms with van der Waals surface area (Å²) in [6.45, 7) is 2.85. The van der Waals surface area contributed by atoms with Gasteiger partial charge >= 0.3 is 0 Å². The van der Waals surface area contributed by atoms with E-state index in [-0.39, 0.29) is 0 Å². The number of ether oxygens (including phenoxy) is 1. The number of rotatable bonds is 1. The zero-order valence-electron chi connectivity index (χ0n) is 4.81. The average molecular weight is 131 g/mol. The van der Waals surface area contributed by atoms with Gasteiger partial charge in [-0.15, -0.1) is 0 Å². The van der Waals surface area contributed by atoms with Crippen LogP contribution in [0.25, 0.3) is 0 Å². The summed E-state index contributed by atoms with van der Waals surface area (Å²) < 4.78 is 4.98. The summed E-state index contributed by atoms with van der Waals surface area (Å²) in [5.74, 6) is 0. The Kier molecular flexibility index (Phi) is 1.68. The summed E-state index contributed by atoms with van der Waals surface area (Å²) in [4.78, 5) is 0. The SMILES string of the molecule is CC[C@H]1COC(=S)N1. The summed E-state index contributed by atoms with van der Waals surface area (Å²) in [6, 6.07) is 0.461. The number of nitrogens with one attached hydrogen (secondary N) is 1. The molecule has 0 saturated carbocycles. The predicted octanol–water partition coefficient (Wildman–Crippen LogP) is 0.670. The van der Waals surface area contributed by atoms with Crippen LogP contribution in [0.1, 0.15) is 13.3 Å². The summed E-state index contributed by atoms with van der Waals surface area (Å²) in [5, 5.41) is 3.57. The standard InChI is InChI=1S/C5H9NOS/c1-2-4-3-7-5(8)6-4/h4H,2-3H2,1H3,(H,6,8)/t4-/m0/s1. The zero-order valence-corrected chi connectivity index (χ0v) is 5.62. The highest BCUT2D eigenvalue weighted by Crippen LogP contribution is 2.00. The Hall–Kier alpha value is -0.310. The molecule has 1 fully saturated rings. The number of thiocarbonyl (C=S) groups is 1. The molecule has 1 atom stereocenters. The van der Waals surface area contributed by atoms with E-state index < -0.39 is 0 Å². The molecule has 0 aromatic rings. The van der Waals surface area contributed by atoms with Crippen LogP contribution in [0.4, 0.5) is 0 Å². The minimum atomic E-state index is 0.461. The van der Waals surface area contributed by atoms with Gasteiger partial charge in [-0.3, -0.25) is 0 Å². The smallest absolute Gasteiger partial charge is 0.257 e. The lowest BCUT2D eigenvalue weighted by Gasteiger charge is -1.99. The topological polar surface area (TPSA) is 21.3 Å². The molecular weight excluding hydrogens is 122 g/mol. The van der Waals surface area contributed by atoms with E-state index in [1.807, 2.05) is 0 Å². The van der Waals surface area contributed by atoms with Crippen LogP contribution in [-0.4, -0.2) is 17.8 Å². The van der Waals surface area contributed by atoms with Gasteiger partial charge in [0.1, 0.15) is 6.61 Å². The largest absolute Gasteiger partial charge is 0.469 e. The second-order valence-electron chi connectivity index (χ2n) is 1.85. The number of hydrogen-bond acceptors (Lipinski definition) is 2. The molecule has 1 heterocycles. The third-order valence-corrected chi connectivity index (χ3v) is 1.47. The van der Waals surface area contributed by atoms with Crippen LogP contribution in [-0.2, 0) is 4.74 Å². The van der Waals surface area contributed by atoms with E-state index >= 15 is 0 Å². The van der Waals surface area contributed by atoms with Gasteiger partial charge in [-0.1, -0.05) is 6.92 Å². The normalized spacial score (nSPS) is 27.1. The van der Waals surface area contributed by atoms with Gasteiger partial charge in [0.25, 0.3) is 5.17 Å². The fourth-order valence-corrected chi connectivity index (χ4v) is 0.881. The van der Waals surface area contributed by atoms with Crippen molar-refractivity contribution in [3.8, 4) is 0 Å². The lowest BCUT2D eigenvalue weighted by molar-refractivity contribution is 0.329. The molecule has 8 heavy (non-hydrogen) atoms. The predicted molar refractivity (Wildman–Crippen MR) is 35.8 cm³/mol. The van der Waals surface area contributed by atoms with Crippen molar-refractivity contribution < 1.29 is 4.74 Å². The van der Waals surface area contributed by atoms with E-state index in [1.54, 1.807) is 0 Å². The highest BCUT2D eigenvalue weighted by molar-refractivity contribution is 7.80. The van der Waals surface area contributed by atoms with E-state index in [0.717, 1.165) is 13.0 Å². The quantitative estimate of drug-likeness (QED) is 0.528. The van der Waals surface area contributed by atoms with E-state index in [0.29, 0.717) is 11.2 Å². The van der Waals surface area contributed by atoms with Gasteiger partial charge in [0.05, 0.1) is 6.04 Å². The highest BCUT2D eigenvalue weighted by Gasteiger charge is 2.15. The fraction of sp³-hybridized carbons (Fsp3) is 0.800. The summed E-state index contributed by atoms with van der Waals surface area (Å²) >= 11 is 4.73. The Morgan fingerprint density at radius 2 is 2.75 bits per heavy atom. The molecule has 46 valence electrons. The molecule has 0 aliphatic carbocycles. The van der Waals surface area contributed by atoms with Crippen molar-refractivity contribution in [3.05, 3.63) is 0 Å². The van der Waals surface area contributed by atoms with Crippen LogP contribution < -0.4 is 5.32 Å². The van der Waals surface area contributed by atoms with Crippen LogP contribution in [0.5, 0.6) is 0 Å². The zero-order chi connectivity index (χ0) is 5.98. The first-order valence-electron chi connectivity index (χ1n) is 2.76. The van der Waals surface area contributed by atoms with Crippen molar-refractivity contribution in [1.82, 2.24) is 5.32 Å². The first-order valence-corrected chi connectivity index (χ1v) is 3.17. The Labute approximate surface area is 54.2 Å². The highest BCUT2D eigenvalue weighted by atomic mass is 32.1. The van der Waals surface area contributed by atoms with Crippen molar-refractivity contribution in [3.63, 3.8) is 0 Å². The molecule has 3 heteroatoms. The van der Waals surface area contributed by atoms with Crippen molar-refractivity contribution in [2.75, 3.05) is 6.61 Å². The average Bonchev–Trinajstić information content (AvgIpc) is 2.14. The van der Waals surface area contributed by atoms with Crippen molar-refractivity contribution in [2.24, 2.45) is 0 Å². The first kappa shape index (κ1) is 5.82. The van der Waals surface area contributed by atoms with Gasteiger partial charge < -0.3 is 10.1 Å². The molecule has 0 spiro atoms. The van der Waals surface area contributed by atoms with Crippen LogP contribution in [0, 0.1) is 0 Å². The monoisotopic (exact) mass is 131 g/mol. The maximum absolute atomic E-state index is 4.98. The Morgan fingerprint density at radius 1 is 2.00 bits per heavy atom. The Bertz CT molecular complexity index is 105. The van der Waals surface area contributed by atoms with Gasteiger partial charge in [0.15, 0.2) is 0 Å². The van der Waals surface area contributed by atoms with E-state index in [1.165, 1.54) is 0 Å². The lowest BCUT2D eigenvalue weighted by Crippen LogP contribution is -2.24. The number of hydrogen-bond donors (Lipinski definition) is 1. The summed E-state index contributed by atoms with van der Waals surface area (Å²) in [6.07, 6.45) is 1.08. The molecule has 0 bridgehead atoms. The lowest BCUT2D eigenvalue weighted by atomic mass is 10.3. The van der Waals surface area contributed by atoms with Gasteiger partial charge in [-0.2, -0.15) is 0 Å². The molecule has 1 aliphatic heterocycles. The van der Waals surface area contributed by atoms with E-state index in [9.17, 15) is 0 Å². The molecule has 1 N–H and O–H groups in total. The molecule has 0 aromatic carbocycles. The second-order valence-corrected chi connectivity index (χ2v) is 2.22. The van der Waals surface area contributed by atoms with Crippen molar-refractivity contribution in [2.45, 2.75) is 19.4 Å². The maximum Gasteiger partial charge on any atom is 0.257 e. The van der Waals surface area contributed by atoms with Crippen LogP contribution in [0.2, 0.25) is 0 Å². The third-order valence-electron chi connectivity index (χ3n) is 1.23. The second kappa shape index (κ2) is 2.31.